The first-order valence-electron chi connectivity index (χ1n) is 6.87. The van der Waals surface area contributed by atoms with Crippen LogP contribution in [0.3, 0.4) is 0 Å². The summed E-state index contributed by atoms with van der Waals surface area (Å²) in [6.45, 7) is 0.743. The van der Waals surface area contributed by atoms with Gasteiger partial charge in [0.15, 0.2) is 0 Å². The number of benzene rings is 1. The van der Waals surface area contributed by atoms with Crippen LogP contribution in [0.4, 0.5) is 0 Å². The average molecular weight is 301 g/mol. The third-order valence-corrected chi connectivity index (χ3v) is 5.09. The van der Waals surface area contributed by atoms with Crippen LogP contribution in [-0.4, -0.2) is 17.3 Å². The van der Waals surface area contributed by atoms with Crippen molar-refractivity contribution in [3.8, 4) is 0 Å². The van der Waals surface area contributed by atoms with E-state index >= 15 is 0 Å². The van der Waals surface area contributed by atoms with E-state index in [-0.39, 0.29) is 11.5 Å². The van der Waals surface area contributed by atoms with Crippen molar-refractivity contribution in [1.29, 1.82) is 0 Å². The zero-order valence-corrected chi connectivity index (χ0v) is 12.3. The zero-order chi connectivity index (χ0) is 13.5. The lowest BCUT2D eigenvalue weighted by Crippen LogP contribution is -2.46. The average Bonchev–Trinajstić information content (AvgIpc) is 2.36. The van der Waals surface area contributed by atoms with Crippen LogP contribution in [0, 0.1) is 5.92 Å². The number of ether oxygens (including phenoxy) is 1. The van der Waals surface area contributed by atoms with E-state index in [1.807, 2.05) is 6.07 Å². The summed E-state index contributed by atoms with van der Waals surface area (Å²) in [4.78, 5) is 0. The Labute approximate surface area is 123 Å². The van der Waals surface area contributed by atoms with E-state index in [0.29, 0.717) is 10.0 Å². The quantitative estimate of drug-likeness (QED) is 0.878. The maximum Gasteiger partial charge on any atom is 0.0834 e. The van der Waals surface area contributed by atoms with E-state index in [1.165, 1.54) is 6.42 Å². The minimum atomic E-state index is -0.522. The van der Waals surface area contributed by atoms with Gasteiger partial charge in [0, 0.05) is 16.7 Å². The highest BCUT2D eigenvalue weighted by Gasteiger charge is 2.44. The van der Waals surface area contributed by atoms with Gasteiger partial charge >= 0.3 is 0 Å². The highest BCUT2D eigenvalue weighted by Crippen LogP contribution is 2.47. The van der Waals surface area contributed by atoms with Gasteiger partial charge in [-0.25, -0.2) is 0 Å². The molecule has 1 aliphatic carbocycles. The second-order valence-corrected chi connectivity index (χ2v) is 6.59. The Morgan fingerprint density at radius 2 is 2.11 bits per heavy atom. The van der Waals surface area contributed by atoms with Crippen LogP contribution in [0.2, 0.25) is 10.0 Å². The van der Waals surface area contributed by atoms with Crippen molar-refractivity contribution in [3.05, 3.63) is 33.8 Å². The lowest BCUT2D eigenvalue weighted by atomic mass is 9.70. The topological polar surface area (TPSA) is 29.5 Å². The largest absolute Gasteiger partial charge is 0.388 e. The van der Waals surface area contributed by atoms with E-state index in [1.54, 1.807) is 12.1 Å². The second-order valence-electron chi connectivity index (χ2n) is 5.75. The summed E-state index contributed by atoms with van der Waals surface area (Å²) in [6, 6.07) is 5.31. The van der Waals surface area contributed by atoms with E-state index in [2.05, 4.69) is 0 Å². The Hall–Kier alpha value is -0.280. The number of aliphatic hydroxyl groups is 1. The predicted molar refractivity (Wildman–Crippen MR) is 76.7 cm³/mol. The summed E-state index contributed by atoms with van der Waals surface area (Å²) >= 11 is 12.1. The molecular formula is C15H18Cl2O2. The fourth-order valence-electron chi connectivity index (χ4n) is 3.25. The number of hydrogen-bond acceptors (Lipinski definition) is 2. The molecular weight excluding hydrogens is 283 g/mol. The van der Waals surface area contributed by atoms with Crippen molar-refractivity contribution in [3.63, 3.8) is 0 Å². The van der Waals surface area contributed by atoms with E-state index in [4.69, 9.17) is 27.9 Å². The van der Waals surface area contributed by atoms with Gasteiger partial charge in [0.2, 0.25) is 0 Å². The Bertz CT molecular complexity index is 471. The lowest BCUT2D eigenvalue weighted by molar-refractivity contribution is -0.157. The molecule has 1 N–H and O–H groups in total. The molecule has 3 rings (SSSR count). The number of hydrogen-bond donors (Lipinski definition) is 1. The minimum absolute atomic E-state index is 0.0444. The molecule has 1 aromatic carbocycles. The molecule has 1 saturated heterocycles. The molecule has 1 saturated carbocycles. The molecule has 0 bridgehead atoms. The standard InChI is InChI=1S/C15H18Cl2O2/c16-11-2-3-12(13(17)8-11)14(18)10-4-7-19-15(9-10)5-1-6-15/h2-3,8,10,14,18H,1,4-7,9H2. The van der Waals surface area contributed by atoms with Gasteiger partial charge in [-0.3, -0.25) is 0 Å². The van der Waals surface area contributed by atoms with Gasteiger partial charge in [-0.05, 0) is 55.7 Å². The van der Waals surface area contributed by atoms with Crippen molar-refractivity contribution in [1.82, 2.24) is 0 Å². The molecule has 2 unspecified atom stereocenters. The van der Waals surface area contributed by atoms with E-state index in [9.17, 15) is 5.11 Å². The van der Waals surface area contributed by atoms with Crippen LogP contribution in [-0.2, 0) is 4.74 Å². The van der Waals surface area contributed by atoms with Gasteiger partial charge < -0.3 is 9.84 Å². The van der Waals surface area contributed by atoms with Gasteiger partial charge in [0.1, 0.15) is 0 Å². The van der Waals surface area contributed by atoms with Crippen LogP contribution in [0.5, 0.6) is 0 Å². The first-order chi connectivity index (χ1) is 9.10. The maximum absolute atomic E-state index is 10.6. The Kier molecular flexibility index (Phi) is 3.78. The van der Waals surface area contributed by atoms with Crippen LogP contribution >= 0.6 is 23.2 Å². The van der Waals surface area contributed by atoms with Crippen molar-refractivity contribution in [2.75, 3.05) is 6.61 Å². The first-order valence-corrected chi connectivity index (χ1v) is 7.62. The highest BCUT2D eigenvalue weighted by atomic mass is 35.5. The molecule has 2 atom stereocenters. The SMILES string of the molecule is OC(c1ccc(Cl)cc1Cl)C1CCOC2(CCC2)C1. The van der Waals surface area contributed by atoms with Crippen molar-refractivity contribution in [2.45, 2.75) is 43.8 Å². The van der Waals surface area contributed by atoms with Crippen molar-refractivity contribution in [2.24, 2.45) is 5.92 Å². The summed E-state index contributed by atoms with van der Waals surface area (Å²) in [5, 5.41) is 11.7. The molecule has 1 aliphatic heterocycles. The van der Waals surface area contributed by atoms with Gasteiger partial charge in [-0.15, -0.1) is 0 Å². The summed E-state index contributed by atoms with van der Waals surface area (Å²) in [6.07, 6.45) is 4.81. The summed E-state index contributed by atoms with van der Waals surface area (Å²) in [5.74, 6) is 0.229. The first kappa shape index (κ1) is 13.7. The predicted octanol–water partition coefficient (Wildman–Crippen LogP) is 4.38. The molecule has 0 aromatic heterocycles. The minimum Gasteiger partial charge on any atom is -0.388 e. The molecule has 4 heteroatoms. The smallest absolute Gasteiger partial charge is 0.0834 e. The Morgan fingerprint density at radius 1 is 1.32 bits per heavy atom. The third-order valence-electron chi connectivity index (χ3n) is 4.52. The maximum atomic E-state index is 10.6. The molecule has 104 valence electrons. The highest BCUT2D eigenvalue weighted by molar-refractivity contribution is 6.35. The van der Waals surface area contributed by atoms with Crippen LogP contribution in [0.25, 0.3) is 0 Å². The van der Waals surface area contributed by atoms with Crippen LogP contribution in [0.15, 0.2) is 18.2 Å². The fourth-order valence-corrected chi connectivity index (χ4v) is 3.77. The molecule has 1 aromatic rings. The Balaban J connectivity index is 1.77. The van der Waals surface area contributed by atoms with Gasteiger partial charge in [0.05, 0.1) is 11.7 Å². The van der Waals surface area contributed by atoms with Crippen molar-refractivity contribution >= 4 is 23.2 Å². The van der Waals surface area contributed by atoms with E-state index in [0.717, 1.165) is 37.9 Å². The molecule has 1 spiro atoms. The van der Waals surface area contributed by atoms with E-state index < -0.39 is 6.10 Å². The molecule has 0 amide bonds. The van der Waals surface area contributed by atoms with Gasteiger partial charge in [-0.2, -0.15) is 0 Å². The number of rotatable bonds is 2. The second kappa shape index (κ2) is 5.25. The molecule has 1 heterocycles. The normalized spacial score (nSPS) is 27.0. The van der Waals surface area contributed by atoms with Crippen LogP contribution in [0.1, 0.15) is 43.8 Å². The molecule has 19 heavy (non-hydrogen) atoms. The summed E-state index contributed by atoms with van der Waals surface area (Å²) < 4.78 is 5.90. The summed E-state index contributed by atoms with van der Waals surface area (Å²) in [7, 11) is 0. The van der Waals surface area contributed by atoms with Crippen LogP contribution < -0.4 is 0 Å². The number of halogens is 2. The van der Waals surface area contributed by atoms with Gasteiger partial charge in [0.25, 0.3) is 0 Å². The Morgan fingerprint density at radius 3 is 2.74 bits per heavy atom. The molecule has 2 aliphatic rings. The van der Waals surface area contributed by atoms with Gasteiger partial charge in [-0.1, -0.05) is 29.3 Å². The molecule has 2 fully saturated rings. The monoisotopic (exact) mass is 300 g/mol. The molecule has 0 radical (unpaired) electrons. The van der Waals surface area contributed by atoms with Crippen molar-refractivity contribution < 1.29 is 9.84 Å². The summed E-state index contributed by atoms with van der Waals surface area (Å²) in [5.41, 5.74) is 0.829. The fraction of sp³-hybridized carbons (Fsp3) is 0.600. The zero-order valence-electron chi connectivity index (χ0n) is 10.7. The number of aliphatic hydroxyl groups excluding tert-OH is 1. The third kappa shape index (κ3) is 2.64. The molecule has 2 nitrogen and oxygen atoms in total. The lowest BCUT2D eigenvalue weighted by Gasteiger charge is -2.48.